The lowest BCUT2D eigenvalue weighted by Gasteiger charge is -2.58. The Morgan fingerprint density at radius 3 is 2.45 bits per heavy atom. The maximum absolute atomic E-state index is 12.7. The first-order valence-corrected chi connectivity index (χ1v) is 7.85. The topological polar surface area (TPSA) is 21.3 Å². The molecule has 0 bridgehead atoms. The summed E-state index contributed by atoms with van der Waals surface area (Å²) in [6.45, 7) is 4.18. The highest BCUT2D eigenvalue weighted by Gasteiger charge is 2.57. The SMILES string of the molecule is CCCNC1CC(OC(C)C(F)(F)F)C12CCCCC2. The van der Waals surface area contributed by atoms with Gasteiger partial charge in [0.1, 0.15) is 0 Å². The van der Waals surface area contributed by atoms with Crippen molar-refractivity contribution in [3.05, 3.63) is 0 Å². The molecule has 0 radical (unpaired) electrons. The minimum absolute atomic E-state index is 0.0487. The fraction of sp³-hybridized carbons (Fsp3) is 1.00. The summed E-state index contributed by atoms with van der Waals surface area (Å²) < 4.78 is 43.4. The zero-order chi connectivity index (χ0) is 14.8. The molecule has 3 atom stereocenters. The quantitative estimate of drug-likeness (QED) is 0.826. The number of alkyl halides is 3. The van der Waals surface area contributed by atoms with Crippen LogP contribution in [0.3, 0.4) is 0 Å². The van der Waals surface area contributed by atoms with Crippen molar-refractivity contribution in [2.45, 2.75) is 83.2 Å². The third-order valence-electron chi connectivity index (χ3n) is 5.04. The summed E-state index contributed by atoms with van der Waals surface area (Å²) in [4.78, 5) is 0. The Balaban J connectivity index is 1.99. The lowest BCUT2D eigenvalue weighted by molar-refractivity contribution is -0.264. The molecule has 2 fully saturated rings. The van der Waals surface area contributed by atoms with Crippen molar-refractivity contribution in [3.63, 3.8) is 0 Å². The molecular formula is C15H26F3NO. The van der Waals surface area contributed by atoms with Crippen molar-refractivity contribution in [2.24, 2.45) is 5.41 Å². The molecule has 5 heteroatoms. The number of nitrogens with one attached hydrogen (secondary N) is 1. The molecule has 0 amide bonds. The zero-order valence-corrected chi connectivity index (χ0v) is 12.4. The average molecular weight is 293 g/mol. The molecule has 0 aromatic carbocycles. The van der Waals surface area contributed by atoms with E-state index in [9.17, 15) is 13.2 Å². The number of ether oxygens (including phenoxy) is 1. The second-order valence-electron chi connectivity index (χ2n) is 6.34. The predicted octanol–water partition coefficient (Wildman–Crippen LogP) is 4.04. The van der Waals surface area contributed by atoms with E-state index in [-0.39, 0.29) is 11.5 Å². The fourth-order valence-corrected chi connectivity index (χ4v) is 3.75. The Labute approximate surface area is 119 Å². The molecule has 2 aliphatic carbocycles. The highest BCUT2D eigenvalue weighted by atomic mass is 19.4. The lowest BCUT2D eigenvalue weighted by Crippen LogP contribution is -2.65. The van der Waals surface area contributed by atoms with E-state index in [0.29, 0.717) is 6.04 Å². The van der Waals surface area contributed by atoms with E-state index in [1.54, 1.807) is 0 Å². The average Bonchev–Trinajstić information content (AvgIpc) is 2.41. The molecule has 0 heterocycles. The summed E-state index contributed by atoms with van der Waals surface area (Å²) in [5, 5.41) is 3.51. The zero-order valence-electron chi connectivity index (χ0n) is 12.4. The first kappa shape index (κ1) is 16.1. The normalized spacial score (nSPS) is 31.1. The smallest absolute Gasteiger partial charge is 0.365 e. The van der Waals surface area contributed by atoms with Gasteiger partial charge in [0.05, 0.1) is 6.10 Å². The van der Waals surface area contributed by atoms with Crippen molar-refractivity contribution in [1.82, 2.24) is 5.32 Å². The summed E-state index contributed by atoms with van der Waals surface area (Å²) in [6.07, 6.45) is 1.08. The van der Waals surface area contributed by atoms with E-state index in [2.05, 4.69) is 12.2 Å². The van der Waals surface area contributed by atoms with Crippen LogP contribution in [0.15, 0.2) is 0 Å². The van der Waals surface area contributed by atoms with E-state index >= 15 is 0 Å². The molecule has 0 saturated heterocycles. The molecule has 2 nitrogen and oxygen atoms in total. The van der Waals surface area contributed by atoms with Crippen molar-refractivity contribution in [3.8, 4) is 0 Å². The van der Waals surface area contributed by atoms with Crippen LogP contribution in [0.2, 0.25) is 0 Å². The van der Waals surface area contributed by atoms with Crippen LogP contribution in [0.25, 0.3) is 0 Å². The van der Waals surface area contributed by atoms with Gasteiger partial charge in [-0.2, -0.15) is 13.2 Å². The molecule has 1 spiro atoms. The third-order valence-corrected chi connectivity index (χ3v) is 5.04. The maximum Gasteiger partial charge on any atom is 0.414 e. The molecule has 1 N–H and O–H groups in total. The molecule has 0 aromatic rings. The summed E-state index contributed by atoms with van der Waals surface area (Å²) in [7, 11) is 0. The molecule has 0 aliphatic heterocycles. The van der Waals surface area contributed by atoms with E-state index in [1.807, 2.05) is 0 Å². The van der Waals surface area contributed by atoms with E-state index in [0.717, 1.165) is 52.0 Å². The Kier molecular flexibility index (Phi) is 5.00. The van der Waals surface area contributed by atoms with Gasteiger partial charge < -0.3 is 10.1 Å². The van der Waals surface area contributed by atoms with Crippen LogP contribution in [-0.2, 0) is 4.74 Å². The standard InChI is InChI=1S/C15H26F3NO/c1-3-9-19-12-10-13(20-11(2)15(16,17)18)14(12)7-5-4-6-8-14/h11-13,19H,3-10H2,1-2H3. The molecule has 20 heavy (non-hydrogen) atoms. The third kappa shape index (κ3) is 3.14. The van der Waals surface area contributed by atoms with Crippen LogP contribution in [-0.4, -0.2) is 31.0 Å². The Bertz CT molecular complexity index is 313. The van der Waals surface area contributed by atoms with Crippen LogP contribution in [0.1, 0.15) is 58.8 Å². The van der Waals surface area contributed by atoms with Gasteiger partial charge in [-0.1, -0.05) is 26.2 Å². The predicted molar refractivity (Wildman–Crippen MR) is 72.6 cm³/mol. The Morgan fingerprint density at radius 1 is 1.25 bits per heavy atom. The number of hydrogen-bond acceptors (Lipinski definition) is 2. The van der Waals surface area contributed by atoms with Gasteiger partial charge in [-0.25, -0.2) is 0 Å². The minimum Gasteiger partial charge on any atom is -0.365 e. The lowest BCUT2D eigenvalue weighted by atomic mass is 9.55. The summed E-state index contributed by atoms with van der Waals surface area (Å²) in [5.74, 6) is 0. The van der Waals surface area contributed by atoms with Crippen LogP contribution in [0.4, 0.5) is 13.2 Å². The van der Waals surface area contributed by atoms with Crippen LogP contribution in [0, 0.1) is 5.41 Å². The number of hydrogen-bond donors (Lipinski definition) is 1. The summed E-state index contributed by atoms with van der Waals surface area (Å²) in [6, 6.07) is 0.341. The van der Waals surface area contributed by atoms with Crippen LogP contribution < -0.4 is 5.32 Å². The van der Waals surface area contributed by atoms with Crippen molar-refractivity contribution in [1.29, 1.82) is 0 Å². The first-order valence-electron chi connectivity index (χ1n) is 7.85. The Hall–Kier alpha value is -0.290. The molecule has 2 aliphatic rings. The van der Waals surface area contributed by atoms with Gasteiger partial charge in [0.15, 0.2) is 6.10 Å². The molecule has 2 saturated carbocycles. The van der Waals surface area contributed by atoms with Crippen molar-refractivity contribution < 1.29 is 17.9 Å². The largest absolute Gasteiger partial charge is 0.414 e. The molecule has 118 valence electrons. The van der Waals surface area contributed by atoms with Gasteiger partial charge in [-0.05, 0) is 39.2 Å². The highest BCUT2D eigenvalue weighted by Crippen LogP contribution is 2.54. The number of rotatable bonds is 5. The fourth-order valence-electron chi connectivity index (χ4n) is 3.75. The van der Waals surface area contributed by atoms with E-state index < -0.39 is 12.3 Å². The second-order valence-corrected chi connectivity index (χ2v) is 6.34. The van der Waals surface area contributed by atoms with Crippen molar-refractivity contribution in [2.75, 3.05) is 6.54 Å². The van der Waals surface area contributed by atoms with Gasteiger partial charge in [-0.15, -0.1) is 0 Å². The summed E-state index contributed by atoms with van der Waals surface area (Å²) >= 11 is 0. The summed E-state index contributed by atoms with van der Waals surface area (Å²) in [5.41, 5.74) is -0.0487. The highest BCUT2D eigenvalue weighted by molar-refractivity contribution is 5.09. The maximum atomic E-state index is 12.7. The minimum atomic E-state index is -4.25. The van der Waals surface area contributed by atoms with E-state index in [1.165, 1.54) is 6.42 Å². The van der Waals surface area contributed by atoms with Crippen LogP contribution >= 0.6 is 0 Å². The number of halogens is 3. The van der Waals surface area contributed by atoms with Gasteiger partial charge in [0.25, 0.3) is 0 Å². The molecule has 2 rings (SSSR count). The monoisotopic (exact) mass is 293 g/mol. The van der Waals surface area contributed by atoms with E-state index in [4.69, 9.17) is 4.74 Å². The molecular weight excluding hydrogens is 267 g/mol. The van der Waals surface area contributed by atoms with Gasteiger partial charge in [0.2, 0.25) is 0 Å². The van der Waals surface area contributed by atoms with Gasteiger partial charge in [0, 0.05) is 11.5 Å². The first-order chi connectivity index (χ1) is 9.40. The molecule has 3 unspecified atom stereocenters. The second kappa shape index (κ2) is 6.22. The Morgan fingerprint density at radius 2 is 1.90 bits per heavy atom. The van der Waals surface area contributed by atoms with Gasteiger partial charge in [-0.3, -0.25) is 0 Å². The van der Waals surface area contributed by atoms with Gasteiger partial charge >= 0.3 is 6.18 Å². The van der Waals surface area contributed by atoms with Crippen LogP contribution in [0.5, 0.6) is 0 Å². The molecule has 0 aromatic heterocycles. The van der Waals surface area contributed by atoms with Crippen molar-refractivity contribution >= 4 is 0 Å².